The minimum absolute atomic E-state index is 0.0663. The average Bonchev–Trinajstić information content (AvgIpc) is 3.08. The third-order valence-electron chi connectivity index (χ3n) is 5.26. The molecule has 0 aromatic heterocycles. The number of carbonyl (C=O) groups is 3. The number of nitrogens with one attached hydrogen (secondary N) is 2. The number of nitrogens with zero attached hydrogens (tertiary/aromatic N) is 1. The van der Waals surface area contributed by atoms with Gasteiger partial charge in [0.05, 0.1) is 4.47 Å². The first-order valence-corrected chi connectivity index (χ1v) is 12.3. The monoisotopic (exact) mass is 587 g/mol. The van der Waals surface area contributed by atoms with E-state index in [0.29, 0.717) is 31.5 Å². The second kappa shape index (κ2) is 11.2. The highest BCUT2D eigenvalue weighted by Crippen LogP contribution is 2.29. The first kappa shape index (κ1) is 25.8. The molecule has 184 valence electrons. The maximum Gasteiger partial charge on any atom is 0.329 e. The lowest BCUT2D eigenvalue weighted by Crippen LogP contribution is -2.38. The Hall–Kier alpha value is -3.33. The maximum atomic E-state index is 12.8. The Labute approximate surface area is 226 Å². The number of anilines is 1. The lowest BCUT2D eigenvalue weighted by atomic mass is 10.2. The van der Waals surface area contributed by atoms with E-state index in [9.17, 15) is 14.4 Å². The molecule has 0 aliphatic carbocycles. The molecule has 0 unspecified atom stereocenters. The number of aryl methyl sites for hydroxylation is 1. The highest BCUT2D eigenvalue weighted by atomic mass is 79.9. The summed E-state index contributed by atoms with van der Waals surface area (Å²) in [5.74, 6) is -0.499. The van der Waals surface area contributed by atoms with Crippen molar-refractivity contribution >= 4 is 68.7 Å². The topological polar surface area (TPSA) is 87.7 Å². The molecule has 3 aromatic carbocycles. The number of imide groups is 1. The van der Waals surface area contributed by atoms with Crippen molar-refractivity contribution in [2.75, 3.05) is 11.9 Å². The molecule has 0 radical (unpaired) electrons. The van der Waals surface area contributed by atoms with Crippen LogP contribution in [0.2, 0.25) is 10.0 Å². The molecule has 0 saturated carbocycles. The summed E-state index contributed by atoms with van der Waals surface area (Å²) in [5, 5.41) is 6.24. The summed E-state index contributed by atoms with van der Waals surface area (Å²) in [4.78, 5) is 38.3. The van der Waals surface area contributed by atoms with Gasteiger partial charge in [0.25, 0.3) is 5.91 Å². The first-order valence-electron chi connectivity index (χ1n) is 10.8. The summed E-state index contributed by atoms with van der Waals surface area (Å²) in [6.45, 7) is 1.77. The molecule has 4 rings (SSSR count). The highest BCUT2D eigenvalue weighted by molar-refractivity contribution is 9.10. The molecule has 7 nitrogen and oxygen atoms in total. The summed E-state index contributed by atoms with van der Waals surface area (Å²) in [6, 6.07) is 16.9. The zero-order valence-electron chi connectivity index (χ0n) is 19.0. The summed E-state index contributed by atoms with van der Waals surface area (Å²) >= 11 is 15.6. The quantitative estimate of drug-likeness (QED) is 0.255. The van der Waals surface area contributed by atoms with E-state index >= 15 is 0 Å². The lowest BCUT2D eigenvalue weighted by molar-refractivity contribution is -0.127. The van der Waals surface area contributed by atoms with Crippen LogP contribution in [-0.2, 0) is 16.2 Å². The van der Waals surface area contributed by atoms with E-state index in [1.54, 1.807) is 48.5 Å². The van der Waals surface area contributed by atoms with Crippen LogP contribution in [0.4, 0.5) is 10.5 Å². The van der Waals surface area contributed by atoms with Gasteiger partial charge >= 0.3 is 6.03 Å². The predicted octanol–water partition coefficient (Wildman–Crippen LogP) is 6.17. The molecule has 1 heterocycles. The molecule has 1 aliphatic heterocycles. The van der Waals surface area contributed by atoms with Crippen molar-refractivity contribution in [2.45, 2.75) is 13.5 Å². The van der Waals surface area contributed by atoms with Gasteiger partial charge in [-0.25, -0.2) is 9.69 Å². The second-order valence-electron chi connectivity index (χ2n) is 8.01. The van der Waals surface area contributed by atoms with Crippen molar-refractivity contribution in [2.24, 2.45) is 0 Å². The molecule has 0 bridgehead atoms. The van der Waals surface area contributed by atoms with Crippen molar-refractivity contribution in [3.05, 3.63) is 97.6 Å². The molecule has 4 amide bonds. The maximum absolute atomic E-state index is 12.8. The van der Waals surface area contributed by atoms with E-state index in [1.807, 2.05) is 19.1 Å². The predicted molar refractivity (Wildman–Crippen MR) is 143 cm³/mol. The van der Waals surface area contributed by atoms with Gasteiger partial charge in [0.1, 0.15) is 24.6 Å². The fourth-order valence-corrected chi connectivity index (χ4v) is 4.36. The molecular weight excluding hydrogens is 569 g/mol. The van der Waals surface area contributed by atoms with Gasteiger partial charge in [-0.1, -0.05) is 53.0 Å². The van der Waals surface area contributed by atoms with Crippen LogP contribution in [-0.4, -0.2) is 29.3 Å². The largest absolute Gasteiger partial charge is 0.488 e. The van der Waals surface area contributed by atoms with Crippen LogP contribution in [0.25, 0.3) is 6.08 Å². The van der Waals surface area contributed by atoms with E-state index in [4.69, 9.17) is 27.9 Å². The Bertz CT molecular complexity index is 1380. The van der Waals surface area contributed by atoms with Crippen LogP contribution in [0.15, 0.2) is 70.8 Å². The standard InChI is InChI=1S/C26H20BrCl2N3O4/c1-15-2-7-19(8-3-15)30-24(33)13-32-25(34)22(31-26(32)35)11-16-4-9-23(20(27)10-16)36-14-17-5-6-18(28)12-21(17)29/h2-12H,13-14H2,1H3,(H,30,33)(H,31,35)/b22-11-. The molecule has 1 aliphatic rings. The van der Waals surface area contributed by atoms with E-state index in [2.05, 4.69) is 26.6 Å². The molecule has 1 fully saturated rings. The average molecular weight is 589 g/mol. The van der Waals surface area contributed by atoms with Gasteiger partial charge < -0.3 is 15.4 Å². The van der Waals surface area contributed by atoms with E-state index in [0.717, 1.165) is 16.0 Å². The molecule has 10 heteroatoms. The zero-order valence-corrected chi connectivity index (χ0v) is 22.1. The van der Waals surface area contributed by atoms with Gasteiger partial charge in [0.2, 0.25) is 5.91 Å². The van der Waals surface area contributed by atoms with Crippen molar-refractivity contribution < 1.29 is 19.1 Å². The SMILES string of the molecule is Cc1ccc(NC(=O)CN2C(=O)N/C(=C\c3ccc(OCc4ccc(Cl)cc4Cl)c(Br)c3)C2=O)cc1. The van der Waals surface area contributed by atoms with E-state index in [1.165, 1.54) is 6.08 Å². The van der Waals surface area contributed by atoms with Gasteiger partial charge in [0.15, 0.2) is 0 Å². The summed E-state index contributed by atoms with van der Waals surface area (Å²) in [5.41, 5.74) is 3.13. The molecular formula is C26H20BrCl2N3O4. The molecule has 1 saturated heterocycles. The Morgan fingerprint density at radius 2 is 1.83 bits per heavy atom. The van der Waals surface area contributed by atoms with E-state index < -0.39 is 24.4 Å². The molecule has 0 atom stereocenters. The number of halogens is 3. The number of hydrogen-bond donors (Lipinski definition) is 2. The number of rotatable bonds is 7. The number of hydrogen-bond acceptors (Lipinski definition) is 4. The van der Waals surface area contributed by atoms with Crippen LogP contribution in [0.1, 0.15) is 16.7 Å². The Morgan fingerprint density at radius 1 is 1.08 bits per heavy atom. The van der Waals surface area contributed by atoms with Crippen LogP contribution >= 0.6 is 39.1 Å². The van der Waals surface area contributed by atoms with Gasteiger partial charge in [0, 0.05) is 21.3 Å². The summed E-state index contributed by atoms with van der Waals surface area (Å²) in [6.07, 6.45) is 1.53. The molecule has 3 aromatic rings. The first-order chi connectivity index (χ1) is 17.2. The normalized spacial score (nSPS) is 14.2. The molecule has 0 spiro atoms. The third-order valence-corrected chi connectivity index (χ3v) is 6.47. The molecule has 2 N–H and O–H groups in total. The Balaban J connectivity index is 1.40. The minimum Gasteiger partial charge on any atom is -0.488 e. The van der Waals surface area contributed by atoms with Crippen molar-refractivity contribution in [3.63, 3.8) is 0 Å². The van der Waals surface area contributed by atoms with Gasteiger partial charge in [-0.3, -0.25) is 9.59 Å². The third kappa shape index (κ3) is 6.26. The van der Waals surface area contributed by atoms with Crippen molar-refractivity contribution in [1.82, 2.24) is 10.2 Å². The van der Waals surface area contributed by atoms with Crippen LogP contribution < -0.4 is 15.4 Å². The van der Waals surface area contributed by atoms with Crippen molar-refractivity contribution in [1.29, 1.82) is 0 Å². The number of benzene rings is 3. The van der Waals surface area contributed by atoms with Crippen molar-refractivity contribution in [3.8, 4) is 5.75 Å². The second-order valence-corrected chi connectivity index (χ2v) is 9.71. The fraction of sp³-hybridized carbons (Fsp3) is 0.115. The van der Waals surface area contributed by atoms with Gasteiger partial charge in [-0.15, -0.1) is 0 Å². The highest BCUT2D eigenvalue weighted by Gasteiger charge is 2.34. The van der Waals surface area contributed by atoms with Crippen LogP contribution in [0.5, 0.6) is 5.75 Å². The molecule has 36 heavy (non-hydrogen) atoms. The summed E-state index contributed by atoms with van der Waals surface area (Å²) in [7, 11) is 0. The smallest absolute Gasteiger partial charge is 0.329 e. The Kier molecular flexibility index (Phi) is 7.98. The number of urea groups is 1. The fourth-order valence-electron chi connectivity index (χ4n) is 3.38. The lowest BCUT2D eigenvalue weighted by Gasteiger charge is -2.12. The number of ether oxygens (including phenoxy) is 1. The minimum atomic E-state index is -0.663. The summed E-state index contributed by atoms with van der Waals surface area (Å²) < 4.78 is 6.48. The van der Waals surface area contributed by atoms with Gasteiger partial charge in [-0.05, 0) is 70.9 Å². The Morgan fingerprint density at radius 3 is 2.53 bits per heavy atom. The van der Waals surface area contributed by atoms with Gasteiger partial charge in [-0.2, -0.15) is 0 Å². The number of amides is 4. The zero-order chi connectivity index (χ0) is 25.8. The van der Waals surface area contributed by atoms with Crippen LogP contribution in [0, 0.1) is 6.92 Å². The number of carbonyl (C=O) groups excluding carboxylic acids is 3. The van der Waals surface area contributed by atoms with Crippen LogP contribution in [0.3, 0.4) is 0 Å². The van der Waals surface area contributed by atoms with E-state index in [-0.39, 0.29) is 12.3 Å².